The first kappa shape index (κ1) is 20.6. The van der Waals surface area contributed by atoms with Crippen molar-refractivity contribution in [3.05, 3.63) is 28.8 Å². The molecule has 7 heteroatoms. The van der Waals surface area contributed by atoms with Gasteiger partial charge in [0.2, 0.25) is 5.91 Å². The maximum Gasteiger partial charge on any atom is 0.325 e. The van der Waals surface area contributed by atoms with E-state index in [1.54, 1.807) is 11.9 Å². The molecule has 1 amide bonds. The number of likely N-dealkylation sites (tertiary alicyclic amines) is 1. The lowest BCUT2D eigenvalue weighted by Gasteiger charge is -2.30. The van der Waals surface area contributed by atoms with Crippen molar-refractivity contribution >= 4 is 34.9 Å². The molecule has 28 heavy (non-hydrogen) atoms. The monoisotopic (exact) mass is 406 g/mol. The predicted octanol–water partition coefficient (Wildman–Crippen LogP) is 2.85. The summed E-state index contributed by atoms with van der Waals surface area (Å²) in [6.07, 6.45) is 4.19. The number of nitrogens with zero attached hydrogens (tertiary/aromatic N) is 2. The molecule has 1 heterocycles. The van der Waals surface area contributed by atoms with E-state index in [2.05, 4.69) is 4.74 Å². The molecule has 0 spiro atoms. The van der Waals surface area contributed by atoms with Crippen LogP contribution < -0.4 is 4.90 Å². The van der Waals surface area contributed by atoms with Gasteiger partial charge in [0.25, 0.3) is 0 Å². The highest BCUT2D eigenvalue weighted by Gasteiger charge is 2.37. The second kappa shape index (κ2) is 8.95. The van der Waals surface area contributed by atoms with Crippen LogP contribution in [-0.2, 0) is 25.5 Å². The van der Waals surface area contributed by atoms with Crippen LogP contribution in [-0.4, -0.2) is 55.8 Å². The van der Waals surface area contributed by atoms with Crippen molar-refractivity contribution in [2.24, 2.45) is 5.92 Å². The molecule has 1 saturated heterocycles. The number of halogens is 1. The fourth-order valence-electron chi connectivity index (χ4n) is 4.11. The Bertz CT molecular complexity index is 757. The number of benzene rings is 1. The summed E-state index contributed by atoms with van der Waals surface area (Å²) in [5, 5.41) is 0.601. The summed E-state index contributed by atoms with van der Waals surface area (Å²) >= 11 is 6.47. The number of carbonyl (C=O) groups excluding carboxylic acids is 3. The molecule has 2 aliphatic rings. The molecule has 1 aliphatic heterocycles. The molecule has 0 radical (unpaired) electrons. The number of rotatable bonds is 6. The van der Waals surface area contributed by atoms with Gasteiger partial charge in [0.05, 0.1) is 7.11 Å². The minimum atomic E-state index is -0.316. The Morgan fingerprint density at radius 1 is 1.25 bits per heavy atom. The van der Waals surface area contributed by atoms with Gasteiger partial charge in [0.1, 0.15) is 12.3 Å². The van der Waals surface area contributed by atoms with Crippen LogP contribution >= 0.6 is 11.6 Å². The van der Waals surface area contributed by atoms with Gasteiger partial charge in [0, 0.05) is 49.1 Å². The zero-order chi connectivity index (χ0) is 20.3. The Morgan fingerprint density at radius 3 is 2.61 bits per heavy atom. The quantitative estimate of drug-likeness (QED) is 0.679. The fourth-order valence-corrected chi connectivity index (χ4v) is 4.36. The molecule has 1 saturated carbocycles. The van der Waals surface area contributed by atoms with Crippen LogP contribution in [0.15, 0.2) is 18.2 Å². The topological polar surface area (TPSA) is 66.9 Å². The zero-order valence-electron chi connectivity index (χ0n) is 16.4. The van der Waals surface area contributed by atoms with Crippen molar-refractivity contribution in [2.75, 3.05) is 32.1 Å². The Morgan fingerprint density at radius 2 is 1.96 bits per heavy atom. The molecule has 2 fully saturated rings. The zero-order valence-corrected chi connectivity index (χ0v) is 17.2. The summed E-state index contributed by atoms with van der Waals surface area (Å²) in [4.78, 5) is 39.5. The molecular formula is C21H27ClN2O4. The third kappa shape index (κ3) is 4.66. The largest absolute Gasteiger partial charge is 0.468 e. The van der Waals surface area contributed by atoms with Gasteiger partial charge >= 0.3 is 5.97 Å². The highest BCUT2D eigenvalue weighted by molar-refractivity contribution is 6.31. The smallest absolute Gasteiger partial charge is 0.325 e. The van der Waals surface area contributed by atoms with Gasteiger partial charge in [-0.05, 0) is 43.4 Å². The van der Waals surface area contributed by atoms with Gasteiger partial charge in [-0.2, -0.15) is 0 Å². The van der Waals surface area contributed by atoms with Gasteiger partial charge in [-0.1, -0.05) is 17.7 Å². The average Bonchev–Trinajstić information content (AvgIpc) is 3.04. The molecule has 1 unspecified atom stereocenters. The number of ether oxygens (including phenoxy) is 1. The highest BCUT2D eigenvalue weighted by Crippen LogP contribution is 2.32. The van der Waals surface area contributed by atoms with Crippen LogP contribution in [0.4, 0.5) is 5.69 Å². The number of ketones is 1. The lowest BCUT2D eigenvalue weighted by Crippen LogP contribution is -2.40. The van der Waals surface area contributed by atoms with Crippen LogP contribution in [0.5, 0.6) is 0 Å². The summed E-state index contributed by atoms with van der Waals surface area (Å²) in [6, 6.07) is 5.87. The van der Waals surface area contributed by atoms with Gasteiger partial charge < -0.3 is 14.5 Å². The van der Waals surface area contributed by atoms with Crippen molar-refractivity contribution in [3.63, 3.8) is 0 Å². The molecule has 0 N–H and O–H groups in total. The maximum atomic E-state index is 12.9. The number of carbonyl (C=O) groups is 3. The van der Waals surface area contributed by atoms with Crippen LogP contribution in [0.3, 0.4) is 0 Å². The third-order valence-electron chi connectivity index (χ3n) is 5.84. The summed E-state index contributed by atoms with van der Waals surface area (Å²) in [7, 11) is 3.16. The van der Waals surface area contributed by atoms with E-state index in [0.29, 0.717) is 30.1 Å². The molecule has 1 aromatic rings. The highest BCUT2D eigenvalue weighted by atomic mass is 35.5. The molecule has 3 rings (SSSR count). The van der Waals surface area contributed by atoms with Crippen molar-refractivity contribution < 1.29 is 19.1 Å². The van der Waals surface area contributed by atoms with E-state index in [9.17, 15) is 14.4 Å². The normalized spacial score (nSPS) is 20.5. The number of anilines is 1. The van der Waals surface area contributed by atoms with Crippen molar-refractivity contribution in [1.82, 2.24) is 4.90 Å². The molecule has 6 nitrogen and oxygen atoms in total. The van der Waals surface area contributed by atoms with E-state index >= 15 is 0 Å². The van der Waals surface area contributed by atoms with E-state index < -0.39 is 0 Å². The number of likely N-dealkylation sites (N-methyl/N-ethyl adjacent to an activating group) is 1. The van der Waals surface area contributed by atoms with Crippen molar-refractivity contribution in [3.8, 4) is 0 Å². The number of hydrogen-bond donors (Lipinski definition) is 0. The summed E-state index contributed by atoms with van der Waals surface area (Å²) in [6.45, 7) is 0.909. The molecule has 152 valence electrons. The first-order valence-electron chi connectivity index (χ1n) is 9.77. The Labute approximate surface area is 170 Å². The molecule has 1 aliphatic carbocycles. The number of Topliss-reactive ketones (excluding diaryl/α,β-unsaturated/α-hetero) is 1. The van der Waals surface area contributed by atoms with Gasteiger partial charge in [-0.25, -0.2) is 0 Å². The second-order valence-corrected chi connectivity index (χ2v) is 8.11. The Kier molecular flexibility index (Phi) is 6.60. The first-order chi connectivity index (χ1) is 13.4. The number of hydrogen-bond acceptors (Lipinski definition) is 5. The summed E-state index contributed by atoms with van der Waals surface area (Å²) in [5.74, 6) is 0.114. The standard InChI is InChI=1S/C21H27ClN2O4/c1-23(13-20(26)28-2)17-4-3-14(19(22)12-17)11-15-9-10-24(21(15)27)16-5-7-18(25)8-6-16/h3-4,12,15-16H,5-11,13H2,1-2H3. The summed E-state index contributed by atoms with van der Waals surface area (Å²) < 4.78 is 4.69. The summed E-state index contributed by atoms with van der Waals surface area (Å²) in [5.41, 5.74) is 1.77. The van der Waals surface area contributed by atoms with Gasteiger partial charge in [-0.3, -0.25) is 14.4 Å². The SMILES string of the molecule is COC(=O)CN(C)c1ccc(CC2CCN(C3CCC(=O)CC3)C2=O)c(Cl)c1. The number of esters is 1. The second-order valence-electron chi connectivity index (χ2n) is 7.70. The Balaban J connectivity index is 1.61. The number of amides is 1. The predicted molar refractivity (Wildman–Crippen MR) is 108 cm³/mol. The van der Waals surface area contributed by atoms with Gasteiger partial charge in [0.15, 0.2) is 0 Å². The maximum absolute atomic E-state index is 12.9. The third-order valence-corrected chi connectivity index (χ3v) is 6.19. The van der Waals surface area contributed by atoms with Crippen LogP contribution in [0, 0.1) is 5.92 Å². The van der Waals surface area contributed by atoms with E-state index in [-0.39, 0.29) is 30.4 Å². The van der Waals surface area contributed by atoms with Crippen LogP contribution in [0.25, 0.3) is 0 Å². The van der Waals surface area contributed by atoms with E-state index in [1.165, 1.54) is 7.11 Å². The van der Waals surface area contributed by atoms with Gasteiger partial charge in [-0.15, -0.1) is 0 Å². The fraction of sp³-hybridized carbons (Fsp3) is 0.571. The molecule has 1 atom stereocenters. The van der Waals surface area contributed by atoms with Crippen molar-refractivity contribution in [2.45, 2.75) is 44.6 Å². The van der Waals surface area contributed by atoms with Crippen LogP contribution in [0.2, 0.25) is 5.02 Å². The number of methoxy groups -OCH3 is 1. The van der Waals surface area contributed by atoms with E-state index in [4.69, 9.17) is 11.6 Å². The average molecular weight is 407 g/mol. The molecular weight excluding hydrogens is 380 g/mol. The van der Waals surface area contributed by atoms with E-state index in [0.717, 1.165) is 37.1 Å². The minimum absolute atomic E-state index is 0.0613. The minimum Gasteiger partial charge on any atom is -0.468 e. The van der Waals surface area contributed by atoms with Crippen molar-refractivity contribution in [1.29, 1.82) is 0 Å². The molecule has 0 bridgehead atoms. The Hall–Kier alpha value is -2.08. The lowest BCUT2D eigenvalue weighted by molar-refractivity contribution is -0.139. The van der Waals surface area contributed by atoms with E-state index in [1.807, 2.05) is 23.1 Å². The molecule has 0 aromatic heterocycles. The molecule has 1 aromatic carbocycles. The first-order valence-corrected chi connectivity index (χ1v) is 10.2. The van der Waals surface area contributed by atoms with Crippen LogP contribution in [0.1, 0.15) is 37.7 Å². The lowest BCUT2D eigenvalue weighted by atomic mass is 9.93.